The van der Waals surface area contributed by atoms with Gasteiger partial charge in [-0.15, -0.1) is 0 Å². The van der Waals surface area contributed by atoms with Gasteiger partial charge in [0.1, 0.15) is 6.10 Å². The second-order valence-electron chi connectivity index (χ2n) is 6.89. The molecule has 0 radical (unpaired) electrons. The first-order valence-electron chi connectivity index (χ1n) is 10.4. The molecule has 0 aromatic carbocycles. The number of unbranched alkanes of at least 4 members (excludes halogenated alkanes) is 10. The highest BCUT2D eigenvalue weighted by Crippen LogP contribution is 2.36. The van der Waals surface area contributed by atoms with Gasteiger partial charge in [0.25, 0.3) is 0 Å². The summed E-state index contributed by atoms with van der Waals surface area (Å²) in [7, 11) is 0. The zero-order valence-electron chi connectivity index (χ0n) is 16.9. The molecule has 7 heteroatoms. The fourth-order valence-corrected chi connectivity index (χ4v) is 3.20. The highest BCUT2D eigenvalue weighted by Gasteiger charge is 2.15. The Labute approximate surface area is 166 Å². The molecule has 0 amide bonds. The van der Waals surface area contributed by atoms with E-state index >= 15 is 0 Å². The Kier molecular flexibility index (Phi) is 19.1. The Hall–Kier alpha value is 0.450. The molecule has 0 aromatic rings. The van der Waals surface area contributed by atoms with Gasteiger partial charge in [0.2, 0.25) is 0 Å². The minimum atomic E-state index is -3.64. The van der Waals surface area contributed by atoms with Crippen molar-refractivity contribution >= 4 is 18.5 Å². The zero-order valence-corrected chi connectivity index (χ0v) is 18.6. The van der Waals surface area contributed by atoms with Gasteiger partial charge in [-0.1, -0.05) is 78.1 Å². The maximum atomic E-state index is 9.23. The quantitative estimate of drug-likeness (QED) is 0.208. The van der Waals surface area contributed by atoms with Crippen molar-refractivity contribution in [3.63, 3.8) is 0 Å². The summed E-state index contributed by atoms with van der Waals surface area (Å²) in [6.07, 6.45) is 14.3. The molecule has 0 bridgehead atoms. The van der Waals surface area contributed by atoms with Crippen LogP contribution in [0.15, 0.2) is 0 Å². The highest BCUT2D eigenvalue weighted by molar-refractivity contribution is 8.06. The van der Waals surface area contributed by atoms with Crippen molar-refractivity contribution < 1.29 is 23.8 Å². The van der Waals surface area contributed by atoms with Crippen molar-refractivity contribution in [1.29, 1.82) is 0 Å². The van der Waals surface area contributed by atoms with Crippen LogP contribution in [0.5, 0.6) is 0 Å². The van der Waals surface area contributed by atoms with Gasteiger partial charge >= 0.3 is 6.72 Å². The first-order chi connectivity index (χ1) is 12.5. The molecule has 0 aliphatic heterocycles. The van der Waals surface area contributed by atoms with Gasteiger partial charge in [-0.3, -0.25) is 0 Å². The molecule has 0 aromatic heterocycles. The standard InChI is InChI=1S/C19H41O5PS/c1-3-5-7-9-11-13-15-22-17-19(18-24-25(20,21)26)23-16-14-12-10-8-6-4-2/h19H,3-18H2,1-2H3,(H2,20,21,26)/t19-/m0/s1. The van der Waals surface area contributed by atoms with Gasteiger partial charge in [0, 0.05) is 13.2 Å². The van der Waals surface area contributed by atoms with E-state index in [2.05, 4.69) is 25.7 Å². The third kappa shape index (κ3) is 20.8. The largest absolute Gasteiger partial charge is 0.379 e. The summed E-state index contributed by atoms with van der Waals surface area (Å²) in [4.78, 5) is 18.5. The Balaban J connectivity index is 3.83. The van der Waals surface area contributed by atoms with E-state index in [0.29, 0.717) is 19.8 Å². The summed E-state index contributed by atoms with van der Waals surface area (Å²) in [5.41, 5.74) is 0. The Morgan fingerprint density at radius 1 is 0.731 bits per heavy atom. The predicted octanol–water partition coefficient (Wildman–Crippen LogP) is 5.33. The Bertz CT molecular complexity index is 338. The second-order valence-corrected chi connectivity index (χ2v) is 9.56. The monoisotopic (exact) mass is 412 g/mol. The molecule has 0 aliphatic carbocycles. The molecular weight excluding hydrogens is 371 g/mol. The minimum Gasteiger partial charge on any atom is -0.379 e. The summed E-state index contributed by atoms with van der Waals surface area (Å²) in [6, 6.07) is 0. The SMILES string of the molecule is CCCCCCCCOC[C@@H](COP(O)(O)=S)OCCCCCCCC. The van der Waals surface area contributed by atoms with Crippen LogP contribution in [0.1, 0.15) is 90.9 Å². The van der Waals surface area contributed by atoms with E-state index in [4.69, 9.17) is 14.0 Å². The van der Waals surface area contributed by atoms with E-state index in [9.17, 15) is 9.79 Å². The lowest BCUT2D eigenvalue weighted by molar-refractivity contribution is -0.0406. The molecule has 0 aliphatic rings. The van der Waals surface area contributed by atoms with E-state index in [1.54, 1.807) is 0 Å². The molecule has 5 nitrogen and oxygen atoms in total. The average Bonchev–Trinajstić information content (AvgIpc) is 2.59. The van der Waals surface area contributed by atoms with Crippen LogP contribution >= 0.6 is 6.72 Å². The van der Waals surface area contributed by atoms with Crippen LogP contribution in [-0.2, 0) is 25.8 Å². The van der Waals surface area contributed by atoms with Crippen LogP contribution in [0.25, 0.3) is 0 Å². The lowest BCUT2D eigenvalue weighted by Crippen LogP contribution is -2.26. The smallest absolute Gasteiger partial charge is 0.321 e. The van der Waals surface area contributed by atoms with E-state index in [0.717, 1.165) is 19.3 Å². The van der Waals surface area contributed by atoms with Crippen molar-refractivity contribution in [2.45, 2.75) is 97.0 Å². The lowest BCUT2D eigenvalue weighted by atomic mass is 10.1. The summed E-state index contributed by atoms with van der Waals surface area (Å²) >= 11 is 4.51. The van der Waals surface area contributed by atoms with Gasteiger partial charge in [-0.05, 0) is 24.6 Å². The normalized spacial score (nSPS) is 13.2. The third-order valence-corrected chi connectivity index (χ3v) is 5.03. The van der Waals surface area contributed by atoms with Crippen molar-refractivity contribution in [1.82, 2.24) is 0 Å². The Morgan fingerprint density at radius 3 is 1.77 bits per heavy atom. The minimum absolute atomic E-state index is 0.0661. The summed E-state index contributed by atoms with van der Waals surface area (Å²) in [6.45, 7) is 2.60. The van der Waals surface area contributed by atoms with E-state index in [1.165, 1.54) is 57.8 Å². The van der Waals surface area contributed by atoms with Crippen molar-refractivity contribution in [3.05, 3.63) is 0 Å². The summed E-state index contributed by atoms with van der Waals surface area (Å²) in [5.74, 6) is 0. The topological polar surface area (TPSA) is 68.2 Å². The Morgan fingerprint density at radius 2 is 1.23 bits per heavy atom. The molecule has 0 unspecified atom stereocenters. The summed E-state index contributed by atoms with van der Waals surface area (Å²) < 4.78 is 16.4. The van der Waals surface area contributed by atoms with Crippen LogP contribution in [0.3, 0.4) is 0 Å². The van der Waals surface area contributed by atoms with Crippen molar-refractivity contribution in [2.75, 3.05) is 26.4 Å². The molecule has 1 atom stereocenters. The first kappa shape index (κ1) is 26.4. The van der Waals surface area contributed by atoms with Gasteiger partial charge in [-0.25, -0.2) is 0 Å². The van der Waals surface area contributed by atoms with Crippen molar-refractivity contribution in [2.24, 2.45) is 0 Å². The maximum Gasteiger partial charge on any atom is 0.321 e. The van der Waals surface area contributed by atoms with Crippen LogP contribution < -0.4 is 0 Å². The van der Waals surface area contributed by atoms with E-state index < -0.39 is 6.72 Å². The van der Waals surface area contributed by atoms with Crippen LogP contribution in [0, 0.1) is 0 Å². The second kappa shape index (κ2) is 18.8. The lowest BCUT2D eigenvalue weighted by Gasteiger charge is -2.19. The molecule has 0 spiro atoms. The molecule has 158 valence electrons. The first-order valence-corrected chi connectivity index (χ1v) is 13.0. The fourth-order valence-electron chi connectivity index (χ4n) is 2.66. The molecular formula is C19H41O5PS. The van der Waals surface area contributed by atoms with Gasteiger partial charge < -0.3 is 23.8 Å². The molecule has 26 heavy (non-hydrogen) atoms. The maximum absolute atomic E-state index is 9.23. The van der Waals surface area contributed by atoms with Crippen LogP contribution in [0.2, 0.25) is 0 Å². The third-order valence-electron chi connectivity index (χ3n) is 4.23. The zero-order chi connectivity index (χ0) is 19.5. The highest BCUT2D eigenvalue weighted by atomic mass is 32.5. The van der Waals surface area contributed by atoms with Crippen LogP contribution in [0.4, 0.5) is 0 Å². The molecule has 0 saturated carbocycles. The number of rotatable bonds is 20. The molecule has 0 saturated heterocycles. The van der Waals surface area contributed by atoms with E-state index in [1.807, 2.05) is 0 Å². The van der Waals surface area contributed by atoms with Gasteiger partial charge in [0.15, 0.2) is 0 Å². The molecule has 0 rings (SSSR count). The average molecular weight is 413 g/mol. The molecule has 0 fully saturated rings. The number of hydrogen-bond acceptors (Lipinski definition) is 4. The van der Waals surface area contributed by atoms with E-state index in [-0.39, 0.29) is 12.7 Å². The van der Waals surface area contributed by atoms with Crippen molar-refractivity contribution in [3.8, 4) is 0 Å². The predicted molar refractivity (Wildman–Crippen MR) is 112 cm³/mol. The summed E-state index contributed by atoms with van der Waals surface area (Å²) in [5, 5.41) is 0. The fraction of sp³-hybridized carbons (Fsp3) is 1.00. The van der Waals surface area contributed by atoms with Gasteiger partial charge in [-0.2, -0.15) is 0 Å². The molecule has 0 heterocycles. The molecule has 2 N–H and O–H groups in total. The van der Waals surface area contributed by atoms with Gasteiger partial charge in [0.05, 0.1) is 13.2 Å². The van der Waals surface area contributed by atoms with Crippen LogP contribution in [-0.4, -0.2) is 42.3 Å². The number of ether oxygens (including phenoxy) is 2. The number of hydrogen-bond donors (Lipinski definition) is 2.